The molecule has 5 heteroatoms. The predicted molar refractivity (Wildman–Crippen MR) is 79.6 cm³/mol. The molecule has 1 aromatic carbocycles. The molecule has 3 nitrogen and oxygen atoms in total. The molecule has 0 radical (unpaired) electrons. The molecule has 0 heterocycles. The first-order valence-electron chi connectivity index (χ1n) is 6.45. The van der Waals surface area contributed by atoms with E-state index >= 15 is 0 Å². The minimum Gasteiger partial charge on any atom is -0.494 e. The van der Waals surface area contributed by atoms with Gasteiger partial charge in [-0.25, -0.2) is 8.42 Å². The van der Waals surface area contributed by atoms with Gasteiger partial charge in [-0.15, -0.1) is 0 Å². The number of hydrogen-bond donors (Lipinski definition) is 0. The minimum atomic E-state index is -3.37. The second-order valence-corrected chi connectivity index (χ2v) is 7.87. The van der Waals surface area contributed by atoms with E-state index in [0.29, 0.717) is 25.4 Å². The average Bonchev–Trinajstić information content (AvgIpc) is 2.26. The van der Waals surface area contributed by atoms with Gasteiger partial charge in [0.15, 0.2) is 0 Å². The molecular formula is C14H21ClO3S. The van der Waals surface area contributed by atoms with Crippen LogP contribution in [0.5, 0.6) is 5.75 Å². The molecule has 1 aromatic rings. The summed E-state index contributed by atoms with van der Waals surface area (Å²) >= 11 is 0. The number of benzene rings is 1. The highest BCUT2D eigenvalue weighted by atomic mass is 35.7. The molecule has 0 aromatic heterocycles. The van der Waals surface area contributed by atoms with Crippen LogP contribution < -0.4 is 4.74 Å². The van der Waals surface area contributed by atoms with Crippen LogP contribution in [0.15, 0.2) is 18.2 Å². The lowest BCUT2D eigenvalue weighted by atomic mass is 9.98. The third-order valence-electron chi connectivity index (χ3n) is 2.91. The van der Waals surface area contributed by atoms with E-state index in [9.17, 15) is 8.42 Å². The Kier molecular flexibility index (Phi) is 6.14. The quantitative estimate of drug-likeness (QED) is 0.568. The van der Waals surface area contributed by atoms with E-state index in [1.807, 2.05) is 12.1 Å². The molecule has 0 atom stereocenters. The summed E-state index contributed by atoms with van der Waals surface area (Å²) in [5, 5.41) is 0. The first-order valence-corrected chi connectivity index (χ1v) is 8.93. The van der Waals surface area contributed by atoms with Crippen molar-refractivity contribution in [2.45, 2.75) is 39.5 Å². The molecule has 0 saturated heterocycles. The summed E-state index contributed by atoms with van der Waals surface area (Å²) in [6.07, 6.45) is 1.20. The highest BCUT2D eigenvalue weighted by Gasteiger charge is 2.06. The lowest BCUT2D eigenvalue weighted by molar-refractivity contribution is 0.309. The van der Waals surface area contributed by atoms with Gasteiger partial charge in [0.2, 0.25) is 9.05 Å². The number of ether oxygens (including phenoxy) is 1. The summed E-state index contributed by atoms with van der Waals surface area (Å²) in [6, 6.07) is 6.06. The first kappa shape index (κ1) is 16.3. The van der Waals surface area contributed by atoms with E-state index in [-0.39, 0.29) is 5.75 Å². The molecule has 19 heavy (non-hydrogen) atoms. The molecule has 0 amide bonds. The zero-order valence-electron chi connectivity index (χ0n) is 11.6. The summed E-state index contributed by atoms with van der Waals surface area (Å²) < 4.78 is 27.1. The third kappa shape index (κ3) is 6.30. The van der Waals surface area contributed by atoms with E-state index in [1.54, 1.807) is 0 Å². The molecule has 0 saturated carbocycles. The Morgan fingerprint density at radius 3 is 2.47 bits per heavy atom. The highest BCUT2D eigenvalue weighted by Crippen LogP contribution is 2.23. The van der Waals surface area contributed by atoms with Crippen LogP contribution in [0, 0.1) is 6.92 Å². The zero-order valence-corrected chi connectivity index (χ0v) is 13.2. The fourth-order valence-electron chi connectivity index (χ4n) is 1.95. The van der Waals surface area contributed by atoms with E-state index in [2.05, 4.69) is 26.8 Å². The maximum atomic E-state index is 10.7. The Balaban J connectivity index is 2.40. The van der Waals surface area contributed by atoms with Gasteiger partial charge in [-0.1, -0.05) is 19.9 Å². The monoisotopic (exact) mass is 304 g/mol. The van der Waals surface area contributed by atoms with E-state index < -0.39 is 9.05 Å². The van der Waals surface area contributed by atoms with Crippen molar-refractivity contribution in [2.75, 3.05) is 12.4 Å². The second kappa shape index (κ2) is 7.15. The Hall–Kier alpha value is -0.740. The van der Waals surface area contributed by atoms with Crippen molar-refractivity contribution in [1.82, 2.24) is 0 Å². The Morgan fingerprint density at radius 1 is 1.26 bits per heavy atom. The maximum absolute atomic E-state index is 10.7. The van der Waals surface area contributed by atoms with Gasteiger partial charge in [0.05, 0.1) is 12.4 Å². The smallest absolute Gasteiger partial charge is 0.232 e. The zero-order chi connectivity index (χ0) is 14.5. The van der Waals surface area contributed by atoms with Crippen LogP contribution in [0.3, 0.4) is 0 Å². The van der Waals surface area contributed by atoms with Gasteiger partial charge >= 0.3 is 0 Å². The number of unbranched alkanes of at least 4 members (excludes halogenated alkanes) is 1. The van der Waals surface area contributed by atoms with Crippen LogP contribution in [0.25, 0.3) is 0 Å². The molecule has 0 N–H and O–H groups in total. The molecule has 0 aliphatic carbocycles. The lowest BCUT2D eigenvalue weighted by Crippen LogP contribution is -2.03. The minimum absolute atomic E-state index is 0.00320. The molecule has 0 aliphatic heterocycles. The predicted octanol–water partition coefficient (Wildman–Crippen LogP) is 3.85. The van der Waals surface area contributed by atoms with Gasteiger partial charge in [-0.2, -0.15) is 0 Å². The Bertz CT molecular complexity index is 509. The summed E-state index contributed by atoms with van der Waals surface area (Å²) in [4.78, 5) is 0. The number of halogens is 1. The average molecular weight is 305 g/mol. The van der Waals surface area contributed by atoms with E-state index in [1.165, 1.54) is 11.1 Å². The van der Waals surface area contributed by atoms with Gasteiger partial charge in [0, 0.05) is 10.7 Å². The van der Waals surface area contributed by atoms with Crippen LogP contribution in [-0.4, -0.2) is 20.8 Å². The normalized spacial score (nSPS) is 11.8. The SMILES string of the molecule is Cc1cc(OCCCCS(=O)(=O)Cl)ccc1C(C)C. The molecule has 0 fully saturated rings. The number of aryl methyl sites for hydroxylation is 1. The standard InChI is InChI=1S/C14H21ClO3S/c1-11(2)14-7-6-13(10-12(14)3)18-8-4-5-9-19(15,16)17/h6-7,10-11H,4-5,8-9H2,1-3H3. The van der Waals surface area contributed by atoms with Crippen LogP contribution in [0.2, 0.25) is 0 Å². The van der Waals surface area contributed by atoms with E-state index in [4.69, 9.17) is 15.4 Å². The van der Waals surface area contributed by atoms with Crippen LogP contribution >= 0.6 is 10.7 Å². The van der Waals surface area contributed by atoms with Gasteiger partial charge in [0.1, 0.15) is 5.75 Å². The van der Waals surface area contributed by atoms with Crippen molar-refractivity contribution >= 4 is 19.7 Å². The fraction of sp³-hybridized carbons (Fsp3) is 0.571. The summed E-state index contributed by atoms with van der Waals surface area (Å²) in [5.41, 5.74) is 2.54. The Labute approximate surface area is 120 Å². The Morgan fingerprint density at radius 2 is 1.95 bits per heavy atom. The molecule has 1 rings (SSSR count). The summed E-state index contributed by atoms with van der Waals surface area (Å²) in [5.74, 6) is 1.34. The largest absolute Gasteiger partial charge is 0.494 e. The molecular weight excluding hydrogens is 284 g/mol. The van der Waals surface area contributed by atoms with Crippen molar-refractivity contribution in [2.24, 2.45) is 0 Å². The second-order valence-electron chi connectivity index (χ2n) is 4.97. The lowest BCUT2D eigenvalue weighted by Gasteiger charge is -2.12. The van der Waals surface area contributed by atoms with Gasteiger partial charge < -0.3 is 4.74 Å². The molecule has 0 aliphatic rings. The van der Waals surface area contributed by atoms with Crippen molar-refractivity contribution in [3.05, 3.63) is 29.3 Å². The molecule has 0 spiro atoms. The summed E-state index contributed by atoms with van der Waals surface area (Å²) in [6.45, 7) is 6.90. The van der Waals surface area contributed by atoms with Crippen LogP contribution in [-0.2, 0) is 9.05 Å². The first-order chi connectivity index (χ1) is 8.79. The third-order valence-corrected chi connectivity index (χ3v) is 4.15. The van der Waals surface area contributed by atoms with Gasteiger partial charge in [0.25, 0.3) is 0 Å². The maximum Gasteiger partial charge on any atom is 0.232 e. The van der Waals surface area contributed by atoms with Crippen molar-refractivity contribution < 1.29 is 13.2 Å². The van der Waals surface area contributed by atoms with Crippen molar-refractivity contribution in [1.29, 1.82) is 0 Å². The number of hydrogen-bond acceptors (Lipinski definition) is 3. The number of rotatable bonds is 7. The molecule has 108 valence electrons. The highest BCUT2D eigenvalue weighted by molar-refractivity contribution is 8.13. The van der Waals surface area contributed by atoms with Gasteiger partial charge in [-0.05, 0) is 48.9 Å². The van der Waals surface area contributed by atoms with Crippen molar-refractivity contribution in [3.63, 3.8) is 0 Å². The molecule has 0 unspecified atom stereocenters. The molecule has 0 bridgehead atoms. The van der Waals surface area contributed by atoms with Crippen molar-refractivity contribution in [3.8, 4) is 5.75 Å². The van der Waals surface area contributed by atoms with Crippen LogP contribution in [0.1, 0.15) is 43.7 Å². The van der Waals surface area contributed by atoms with E-state index in [0.717, 1.165) is 5.75 Å². The topological polar surface area (TPSA) is 43.4 Å². The summed E-state index contributed by atoms with van der Waals surface area (Å²) in [7, 11) is 1.75. The van der Waals surface area contributed by atoms with Gasteiger partial charge in [-0.3, -0.25) is 0 Å². The fourth-order valence-corrected chi connectivity index (χ4v) is 2.83. The van der Waals surface area contributed by atoms with Crippen LogP contribution in [0.4, 0.5) is 0 Å².